The van der Waals surface area contributed by atoms with Gasteiger partial charge >= 0.3 is 0 Å². The second-order valence-corrected chi connectivity index (χ2v) is 6.17. The molecule has 1 N–H and O–H groups in total. The maximum atomic E-state index is 4.60. The van der Waals surface area contributed by atoms with Gasteiger partial charge in [0, 0.05) is 25.7 Å². The average Bonchev–Trinajstić information content (AvgIpc) is 3.05. The number of rotatable bonds is 7. The molecule has 0 spiro atoms. The normalized spacial score (nSPS) is 20.1. The van der Waals surface area contributed by atoms with Crippen LogP contribution in [0.4, 0.5) is 0 Å². The summed E-state index contributed by atoms with van der Waals surface area (Å²) < 4.78 is 2.13. The van der Waals surface area contributed by atoms with Crippen LogP contribution in [0.25, 0.3) is 0 Å². The molecule has 4 nitrogen and oxygen atoms in total. The zero-order valence-electron chi connectivity index (χ0n) is 13.5. The smallest absolute Gasteiger partial charge is 0.0625 e. The highest BCUT2D eigenvalue weighted by Crippen LogP contribution is 2.17. The maximum Gasteiger partial charge on any atom is 0.0625 e. The molecule has 114 valence electrons. The second-order valence-electron chi connectivity index (χ2n) is 6.17. The van der Waals surface area contributed by atoms with Crippen molar-refractivity contribution in [3.8, 4) is 0 Å². The highest BCUT2D eigenvalue weighted by Gasteiger charge is 2.23. The van der Waals surface area contributed by atoms with Crippen LogP contribution in [0.5, 0.6) is 0 Å². The molecule has 0 bridgehead atoms. The summed E-state index contributed by atoms with van der Waals surface area (Å²) in [4.78, 5) is 2.58. The van der Waals surface area contributed by atoms with Crippen LogP contribution in [-0.4, -0.2) is 40.4 Å². The first-order valence-corrected chi connectivity index (χ1v) is 8.14. The van der Waals surface area contributed by atoms with Crippen molar-refractivity contribution in [2.24, 2.45) is 5.92 Å². The number of aryl methyl sites for hydroxylation is 2. The third kappa shape index (κ3) is 3.83. The van der Waals surface area contributed by atoms with Gasteiger partial charge in [-0.1, -0.05) is 6.92 Å². The Kier molecular flexibility index (Phi) is 5.61. The molecule has 1 atom stereocenters. The number of hydrogen-bond donors (Lipinski definition) is 1. The monoisotopic (exact) mass is 278 g/mol. The zero-order chi connectivity index (χ0) is 14.5. The van der Waals surface area contributed by atoms with Gasteiger partial charge in [0.15, 0.2) is 0 Å². The molecule has 4 heteroatoms. The van der Waals surface area contributed by atoms with Gasteiger partial charge in [-0.2, -0.15) is 5.10 Å². The molecule has 0 aliphatic carbocycles. The van der Waals surface area contributed by atoms with Crippen LogP contribution in [0, 0.1) is 5.92 Å². The summed E-state index contributed by atoms with van der Waals surface area (Å²) in [6.45, 7) is 14.4. The fraction of sp³-hybridized carbons (Fsp3) is 0.812. The molecule has 1 aliphatic heterocycles. The third-order valence-electron chi connectivity index (χ3n) is 4.36. The Bertz CT molecular complexity index is 411. The first-order valence-electron chi connectivity index (χ1n) is 8.14. The van der Waals surface area contributed by atoms with Crippen molar-refractivity contribution >= 4 is 0 Å². The van der Waals surface area contributed by atoms with Crippen LogP contribution in [-0.2, 0) is 19.5 Å². The Morgan fingerprint density at radius 1 is 1.40 bits per heavy atom. The molecule has 1 aromatic rings. The van der Waals surface area contributed by atoms with Crippen molar-refractivity contribution in [1.82, 2.24) is 20.0 Å². The first kappa shape index (κ1) is 15.5. The van der Waals surface area contributed by atoms with E-state index in [1.165, 1.54) is 30.9 Å². The van der Waals surface area contributed by atoms with Crippen LogP contribution in [0.1, 0.15) is 45.5 Å². The molecule has 2 rings (SSSR count). The average molecular weight is 278 g/mol. The summed E-state index contributed by atoms with van der Waals surface area (Å²) in [5, 5.41) is 8.23. The van der Waals surface area contributed by atoms with E-state index in [4.69, 9.17) is 0 Å². The van der Waals surface area contributed by atoms with Crippen molar-refractivity contribution < 1.29 is 0 Å². The van der Waals surface area contributed by atoms with Gasteiger partial charge in [-0.3, -0.25) is 4.68 Å². The van der Waals surface area contributed by atoms with Crippen LogP contribution in [0.15, 0.2) is 6.07 Å². The Morgan fingerprint density at radius 2 is 2.20 bits per heavy atom. The predicted molar refractivity (Wildman–Crippen MR) is 83.8 cm³/mol. The van der Waals surface area contributed by atoms with Crippen LogP contribution < -0.4 is 5.32 Å². The molecule has 2 heterocycles. The Morgan fingerprint density at radius 3 is 2.80 bits per heavy atom. The molecule has 0 saturated carbocycles. The van der Waals surface area contributed by atoms with Crippen molar-refractivity contribution in [2.45, 2.75) is 59.7 Å². The van der Waals surface area contributed by atoms with E-state index in [1.807, 2.05) is 0 Å². The Labute approximate surface area is 123 Å². The number of nitrogens with zero attached hydrogens (tertiary/aromatic N) is 3. The van der Waals surface area contributed by atoms with Crippen molar-refractivity contribution in [3.05, 3.63) is 17.5 Å². The zero-order valence-corrected chi connectivity index (χ0v) is 13.5. The molecule has 1 aliphatic rings. The topological polar surface area (TPSA) is 33.1 Å². The molecule has 0 amide bonds. The lowest BCUT2D eigenvalue weighted by Crippen LogP contribution is -2.30. The number of aromatic nitrogens is 2. The number of likely N-dealkylation sites (tertiary alicyclic amines) is 1. The van der Waals surface area contributed by atoms with Gasteiger partial charge < -0.3 is 10.2 Å². The summed E-state index contributed by atoms with van der Waals surface area (Å²) in [7, 11) is 0. The summed E-state index contributed by atoms with van der Waals surface area (Å²) in [5.74, 6) is 0.807. The minimum Gasteiger partial charge on any atom is -0.311 e. The summed E-state index contributed by atoms with van der Waals surface area (Å²) in [5.41, 5.74) is 2.53. The molecule has 1 saturated heterocycles. The molecular weight excluding hydrogens is 248 g/mol. The van der Waals surface area contributed by atoms with Gasteiger partial charge in [0.1, 0.15) is 0 Å². The lowest BCUT2D eigenvalue weighted by molar-refractivity contribution is 0.264. The number of hydrogen-bond acceptors (Lipinski definition) is 3. The molecule has 0 aromatic carbocycles. The second kappa shape index (κ2) is 7.23. The molecular formula is C16H30N4. The first-order chi connectivity index (χ1) is 9.63. The summed E-state index contributed by atoms with van der Waals surface area (Å²) in [6.07, 6.45) is 2.35. The fourth-order valence-corrected chi connectivity index (χ4v) is 3.01. The SMILES string of the molecule is CCc1cc(CNCC2CCN(C(C)C)C2)n(CC)n1. The van der Waals surface area contributed by atoms with E-state index in [-0.39, 0.29) is 0 Å². The lowest BCUT2D eigenvalue weighted by atomic mass is 10.1. The quantitative estimate of drug-likeness (QED) is 0.831. The molecule has 20 heavy (non-hydrogen) atoms. The van der Waals surface area contributed by atoms with Crippen LogP contribution >= 0.6 is 0 Å². The highest BCUT2D eigenvalue weighted by atomic mass is 15.3. The van der Waals surface area contributed by atoms with E-state index < -0.39 is 0 Å². The highest BCUT2D eigenvalue weighted by molar-refractivity contribution is 5.10. The van der Waals surface area contributed by atoms with E-state index in [9.17, 15) is 0 Å². The van der Waals surface area contributed by atoms with Crippen molar-refractivity contribution in [3.63, 3.8) is 0 Å². The minimum absolute atomic E-state index is 0.689. The van der Waals surface area contributed by atoms with Gasteiger partial charge in [0.25, 0.3) is 0 Å². The molecule has 0 radical (unpaired) electrons. The van der Waals surface area contributed by atoms with Gasteiger partial charge in [-0.15, -0.1) is 0 Å². The van der Waals surface area contributed by atoms with E-state index in [0.717, 1.165) is 32.0 Å². The molecule has 1 unspecified atom stereocenters. The van der Waals surface area contributed by atoms with E-state index in [0.29, 0.717) is 6.04 Å². The standard InChI is InChI=1S/C16H30N4/c1-5-15-9-16(20(6-2)18-15)11-17-10-14-7-8-19(12-14)13(3)4/h9,13-14,17H,5-8,10-12H2,1-4H3. The number of nitrogens with one attached hydrogen (secondary N) is 1. The maximum absolute atomic E-state index is 4.60. The van der Waals surface area contributed by atoms with Crippen LogP contribution in [0.3, 0.4) is 0 Å². The Balaban J connectivity index is 1.77. The third-order valence-corrected chi connectivity index (χ3v) is 4.36. The van der Waals surface area contributed by atoms with Gasteiger partial charge in [-0.25, -0.2) is 0 Å². The van der Waals surface area contributed by atoms with Crippen molar-refractivity contribution in [2.75, 3.05) is 19.6 Å². The van der Waals surface area contributed by atoms with Crippen LogP contribution in [0.2, 0.25) is 0 Å². The van der Waals surface area contributed by atoms with Crippen molar-refractivity contribution in [1.29, 1.82) is 0 Å². The van der Waals surface area contributed by atoms with Gasteiger partial charge in [0.2, 0.25) is 0 Å². The fourth-order valence-electron chi connectivity index (χ4n) is 3.01. The molecule has 1 aromatic heterocycles. The van der Waals surface area contributed by atoms with E-state index >= 15 is 0 Å². The van der Waals surface area contributed by atoms with Gasteiger partial charge in [-0.05, 0) is 58.7 Å². The van der Waals surface area contributed by atoms with Gasteiger partial charge in [0.05, 0.1) is 11.4 Å². The van der Waals surface area contributed by atoms with E-state index in [1.54, 1.807) is 0 Å². The summed E-state index contributed by atoms with van der Waals surface area (Å²) >= 11 is 0. The Hall–Kier alpha value is -0.870. The van der Waals surface area contributed by atoms with E-state index in [2.05, 4.69) is 53.8 Å². The summed E-state index contributed by atoms with van der Waals surface area (Å²) in [6, 6.07) is 2.93. The lowest BCUT2D eigenvalue weighted by Gasteiger charge is -2.20. The minimum atomic E-state index is 0.689. The molecule has 1 fully saturated rings. The largest absolute Gasteiger partial charge is 0.311 e. The predicted octanol–water partition coefficient (Wildman–Crippen LogP) is 2.29.